The highest BCUT2D eigenvalue weighted by Gasteiger charge is 2.18. The van der Waals surface area contributed by atoms with E-state index in [4.69, 9.17) is 21.4 Å². The lowest BCUT2D eigenvalue weighted by atomic mass is 10.0. The van der Waals surface area contributed by atoms with Crippen LogP contribution in [0.25, 0.3) is 38.4 Å². The maximum absolute atomic E-state index is 13.2. The Morgan fingerprint density at radius 1 is 1.03 bits per heavy atom. The Morgan fingerprint density at radius 3 is 2.61 bits per heavy atom. The number of rotatable bonds is 6. The van der Waals surface area contributed by atoms with Crippen molar-refractivity contribution < 1.29 is 9.53 Å². The molecule has 0 radical (unpaired) electrons. The van der Waals surface area contributed by atoms with E-state index in [0.29, 0.717) is 33.7 Å². The number of nitrogens with one attached hydrogen (secondary N) is 1. The van der Waals surface area contributed by atoms with Gasteiger partial charge in [-0.2, -0.15) is 5.10 Å². The lowest BCUT2D eigenvalue weighted by Crippen LogP contribution is -2.35. The summed E-state index contributed by atoms with van der Waals surface area (Å²) >= 11 is 6.07. The molecule has 38 heavy (non-hydrogen) atoms. The molecule has 3 heterocycles. The molecule has 0 aliphatic carbocycles. The number of nitrogens with zero attached hydrogens (tertiary/aromatic N) is 4. The highest BCUT2D eigenvalue weighted by molar-refractivity contribution is 6.30. The fourth-order valence-electron chi connectivity index (χ4n) is 4.53. The summed E-state index contributed by atoms with van der Waals surface area (Å²) in [5.41, 5.74) is 6.10. The van der Waals surface area contributed by atoms with Crippen LogP contribution in [0.5, 0.6) is 5.75 Å². The molecule has 1 amide bonds. The van der Waals surface area contributed by atoms with E-state index in [1.807, 2.05) is 73.7 Å². The van der Waals surface area contributed by atoms with Crippen molar-refractivity contribution in [1.82, 2.24) is 19.3 Å². The summed E-state index contributed by atoms with van der Waals surface area (Å²) in [7, 11) is 0. The number of pyridine rings is 1. The minimum atomic E-state index is -0.467. The van der Waals surface area contributed by atoms with Crippen LogP contribution in [-0.2, 0) is 11.2 Å². The molecule has 3 aromatic carbocycles. The molecule has 0 saturated carbocycles. The normalized spacial score (nSPS) is 11.3. The molecule has 9 heteroatoms. The molecule has 1 N–H and O–H groups in total. The van der Waals surface area contributed by atoms with Crippen LogP contribution < -0.4 is 15.7 Å². The number of carbonyl (C=O) groups excluding carboxylic acids is 1. The van der Waals surface area contributed by atoms with Gasteiger partial charge in [0.1, 0.15) is 5.75 Å². The zero-order valence-corrected chi connectivity index (χ0v) is 21.1. The third kappa shape index (κ3) is 4.25. The topological polar surface area (TPSA) is 90.5 Å². The maximum atomic E-state index is 13.2. The molecular weight excluding hydrogens is 502 g/mol. The number of halogens is 1. The van der Waals surface area contributed by atoms with Gasteiger partial charge in [0.15, 0.2) is 12.3 Å². The summed E-state index contributed by atoms with van der Waals surface area (Å²) in [6, 6.07) is 22.7. The molecule has 188 valence electrons. The van der Waals surface area contributed by atoms with Crippen LogP contribution in [0.15, 0.2) is 90.0 Å². The van der Waals surface area contributed by atoms with Gasteiger partial charge in [-0.15, -0.1) is 0 Å². The Balaban J connectivity index is 1.28. The van der Waals surface area contributed by atoms with E-state index in [2.05, 4.69) is 10.4 Å². The lowest BCUT2D eigenvalue weighted by molar-refractivity contribution is -0.119. The van der Waals surface area contributed by atoms with Gasteiger partial charge in [-0.05, 0) is 53.1 Å². The molecule has 0 spiro atoms. The second-order valence-electron chi connectivity index (χ2n) is 8.80. The molecule has 0 atom stereocenters. The number of hydrogen-bond donors (Lipinski definition) is 1. The van der Waals surface area contributed by atoms with Gasteiger partial charge in [0.05, 0.1) is 16.6 Å². The number of aromatic nitrogens is 4. The summed E-state index contributed by atoms with van der Waals surface area (Å²) in [6.45, 7) is 1.77. The van der Waals surface area contributed by atoms with Crippen molar-refractivity contribution in [1.29, 1.82) is 0 Å². The average molecular weight is 524 g/mol. The molecule has 3 aromatic heterocycles. The van der Waals surface area contributed by atoms with Gasteiger partial charge < -0.3 is 4.74 Å². The minimum absolute atomic E-state index is 0.246. The first-order chi connectivity index (χ1) is 18.5. The molecule has 0 fully saturated rings. The molecule has 0 bridgehead atoms. The van der Waals surface area contributed by atoms with Gasteiger partial charge in [-0.25, -0.2) is 14.2 Å². The Labute approximate surface area is 222 Å². The zero-order valence-electron chi connectivity index (χ0n) is 20.4. The van der Waals surface area contributed by atoms with Gasteiger partial charge in [0, 0.05) is 23.0 Å². The maximum Gasteiger partial charge on any atom is 0.280 e. The summed E-state index contributed by atoms with van der Waals surface area (Å²) in [5.74, 6) is 0.101. The SMILES string of the molecule is CCc1nn2c(ncc3c(=O)n(NC(=O)COc4ccc5ccccc5c4)ccc32)c1-c1ccc(Cl)cc1. The predicted molar refractivity (Wildman–Crippen MR) is 148 cm³/mol. The highest BCUT2D eigenvalue weighted by atomic mass is 35.5. The van der Waals surface area contributed by atoms with E-state index in [1.165, 1.54) is 12.4 Å². The summed E-state index contributed by atoms with van der Waals surface area (Å²) < 4.78 is 8.45. The number of amides is 1. The van der Waals surface area contributed by atoms with Gasteiger partial charge in [0.25, 0.3) is 11.5 Å². The van der Waals surface area contributed by atoms with Crippen molar-refractivity contribution >= 4 is 44.8 Å². The Bertz CT molecular complexity index is 1890. The van der Waals surface area contributed by atoms with Crippen LogP contribution in [0.2, 0.25) is 5.02 Å². The molecule has 6 aromatic rings. The second-order valence-corrected chi connectivity index (χ2v) is 9.23. The monoisotopic (exact) mass is 523 g/mol. The van der Waals surface area contributed by atoms with Crippen molar-refractivity contribution in [3.63, 3.8) is 0 Å². The number of benzene rings is 3. The van der Waals surface area contributed by atoms with Gasteiger partial charge >= 0.3 is 0 Å². The van der Waals surface area contributed by atoms with Crippen LogP contribution in [0.1, 0.15) is 12.6 Å². The first-order valence-electron chi connectivity index (χ1n) is 12.1. The van der Waals surface area contributed by atoms with E-state index in [1.54, 1.807) is 10.6 Å². The lowest BCUT2D eigenvalue weighted by Gasteiger charge is -2.11. The van der Waals surface area contributed by atoms with Crippen LogP contribution in [-0.4, -0.2) is 31.8 Å². The number of carbonyl (C=O) groups is 1. The quantitative estimate of drug-likeness (QED) is 0.323. The summed E-state index contributed by atoms with van der Waals surface area (Å²) in [6.07, 6.45) is 3.71. The third-order valence-corrected chi connectivity index (χ3v) is 6.64. The smallest absolute Gasteiger partial charge is 0.280 e. The van der Waals surface area contributed by atoms with Crippen molar-refractivity contribution in [2.45, 2.75) is 13.3 Å². The molecule has 0 aliphatic heterocycles. The van der Waals surface area contributed by atoms with Gasteiger partial charge in [-0.3, -0.25) is 15.0 Å². The third-order valence-electron chi connectivity index (χ3n) is 6.39. The Morgan fingerprint density at radius 2 is 1.82 bits per heavy atom. The Kier molecular flexibility index (Phi) is 6.01. The molecule has 8 nitrogen and oxygen atoms in total. The van der Waals surface area contributed by atoms with Crippen LogP contribution >= 0.6 is 11.6 Å². The summed E-state index contributed by atoms with van der Waals surface area (Å²) in [5, 5.41) is 7.80. The number of ether oxygens (including phenoxy) is 1. The molecule has 6 rings (SSSR count). The zero-order chi connectivity index (χ0) is 26.2. The Hall–Kier alpha value is -4.69. The average Bonchev–Trinajstić information content (AvgIpc) is 3.33. The van der Waals surface area contributed by atoms with E-state index in [0.717, 1.165) is 32.3 Å². The molecule has 0 saturated heterocycles. The first kappa shape index (κ1) is 23.7. The largest absolute Gasteiger partial charge is 0.484 e. The number of hydrogen-bond acceptors (Lipinski definition) is 5. The van der Waals surface area contributed by atoms with Crippen LogP contribution in [0.4, 0.5) is 0 Å². The van der Waals surface area contributed by atoms with Gasteiger partial charge in [-0.1, -0.05) is 61.0 Å². The number of aryl methyl sites for hydroxylation is 1. The summed E-state index contributed by atoms with van der Waals surface area (Å²) in [4.78, 5) is 30.4. The standard InChI is InChI=1S/C29H22ClN5O3/c1-2-24-27(19-7-10-21(30)11-8-19)28-31-16-23-25(35(28)32-24)13-14-34(29(23)37)33-26(36)17-38-22-12-9-18-5-3-4-6-20(18)15-22/h3-16H,2,17H2,1H3,(H,33,36). The van der Waals surface area contributed by atoms with Crippen molar-refractivity contribution in [3.05, 3.63) is 106 Å². The fraction of sp³-hybridized carbons (Fsp3) is 0.103. The number of fused-ring (bicyclic) bond motifs is 4. The van der Waals surface area contributed by atoms with E-state index < -0.39 is 11.5 Å². The predicted octanol–water partition coefficient (Wildman–Crippen LogP) is 5.23. The van der Waals surface area contributed by atoms with E-state index in [9.17, 15) is 9.59 Å². The van der Waals surface area contributed by atoms with Gasteiger partial charge in [0.2, 0.25) is 0 Å². The van der Waals surface area contributed by atoms with Crippen LogP contribution in [0.3, 0.4) is 0 Å². The van der Waals surface area contributed by atoms with Crippen molar-refractivity contribution in [3.8, 4) is 16.9 Å². The van der Waals surface area contributed by atoms with Crippen LogP contribution in [0, 0.1) is 0 Å². The van der Waals surface area contributed by atoms with Crippen molar-refractivity contribution in [2.75, 3.05) is 12.0 Å². The van der Waals surface area contributed by atoms with E-state index in [-0.39, 0.29) is 6.61 Å². The van der Waals surface area contributed by atoms with Crippen molar-refractivity contribution in [2.24, 2.45) is 0 Å². The molecule has 0 unspecified atom stereocenters. The molecule has 0 aliphatic rings. The fourth-order valence-corrected chi connectivity index (χ4v) is 4.66. The van der Waals surface area contributed by atoms with E-state index >= 15 is 0 Å². The first-order valence-corrected chi connectivity index (χ1v) is 12.5. The second kappa shape index (κ2) is 9.64. The molecular formula is C29H22ClN5O3. The highest BCUT2D eigenvalue weighted by Crippen LogP contribution is 2.30. The minimum Gasteiger partial charge on any atom is -0.484 e.